The van der Waals surface area contributed by atoms with E-state index in [2.05, 4.69) is 195 Å². The molecule has 1 nitrogen and oxygen atoms in total. The van der Waals surface area contributed by atoms with Gasteiger partial charge in [0.15, 0.2) is 0 Å². The van der Waals surface area contributed by atoms with E-state index in [1.165, 1.54) is 91.8 Å². The van der Waals surface area contributed by atoms with Crippen molar-refractivity contribution in [1.29, 1.82) is 0 Å². The molecule has 0 atom stereocenters. The van der Waals surface area contributed by atoms with Gasteiger partial charge in [-0.1, -0.05) is 141 Å². The number of anilines is 3. The summed E-state index contributed by atoms with van der Waals surface area (Å²) in [6, 6.07) is 62.1. The first-order valence-corrected chi connectivity index (χ1v) is 25.8. The predicted octanol–water partition coefficient (Wildman–Crippen LogP) is 12.0. The van der Waals surface area contributed by atoms with Crippen molar-refractivity contribution >= 4 is 96.2 Å². The predicted molar refractivity (Wildman–Crippen MR) is 241 cm³/mol. The molecule has 0 N–H and O–H groups in total. The third-order valence-corrected chi connectivity index (χ3v) is 20.7. The number of rotatable bonds is 4. The molecule has 0 unspecified atom stereocenters. The summed E-state index contributed by atoms with van der Waals surface area (Å²) in [7, 11) is -3.90. The Balaban J connectivity index is 1.10. The molecule has 8 aromatic carbocycles. The van der Waals surface area contributed by atoms with Crippen molar-refractivity contribution in [3.63, 3.8) is 0 Å². The van der Waals surface area contributed by atoms with Crippen molar-refractivity contribution in [3.05, 3.63) is 164 Å². The Hall–Kier alpha value is -5.53. The highest BCUT2D eigenvalue weighted by atomic mass is 32.1. The molecular weight excluding hydrogens is 703 g/mol. The molecule has 0 aliphatic carbocycles. The summed E-state index contributed by atoms with van der Waals surface area (Å²) >= 11 is 1.92. The zero-order valence-corrected chi connectivity index (χ0v) is 33.8. The van der Waals surface area contributed by atoms with Crippen LogP contribution >= 0.6 is 11.3 Å². The normalized spacial score (nSPS) is 14.6. The van der Waals surface area contributed by atoms with Crippen molar-refractivity contribution in [2.45, 2.75) is 26.2 Å². The van der Waals surface area contributed by atoms with E-state index >= 15 is 0 Å². The minimum atomic E-state index is -2.02. The second-order valence-electron chi connectivity index (χ2n) is 16.1. The molecule has 0 amide bonds. The fourth-order valence-corrected chi connectivity index (χ4v) is 17.0. The number of thiophene rings is 1. The molecule has 54 heavy (non-hydrogen) atoms. The van der Waals surface area contributed by atoms with Gasteiger partial charge >= 0.3 is 0 Å². The summed E-state index contributed by atoms with van der Waals surface area (Å²) in [6.07, 6.45) is 0. The molecule has 2 aliphatic rings. The van der Waals surface area contributed by atoms with E-state index in [4.69, 9.17) is 0 Å². The van der Waals surface area contributed by atoms with E-state index in [0.29, 0.717) is 0 Å². The van der Waals surface area contributed by atoms with Gasteiger partial charge in [0.2, 0.25) is 0 Å². The van der Waals surface area contributed by atoms with E-state index in [9.17, 15) is 0 Å². The third kappa shape index (κ3) is 4.48. The summed E-state index contributed by atoms with van der Waals surface area (Å²) in [4.78, 5) is 2.52. The second kappa shape index (κ2) is 11.5. The van der Waals surface area contributed by atoms with Gasteiger partial charge < -0.3 is 4.90 Å². The van der Waals surface area contributed by atoms with Gasteiger partial charge in [0.25, 0.3) is 0 Å². The molecule has 3 heterocycles. The molecule has 1 aromatic heterocycles. The maximum Gasteiger partial charge on any atom is 0.113 e. The molecule has 0 saturated heterocycles. The Labute approximate surface area is 322 Å². The van der Waals surface area contributed by atoms with E-state index in [1.807, 2.05) is 11.3 Å². The monoisotopic (exact) mass is 741 g/mol. The molecule has 0 saturated carbocycles. The van der Waals surface area contributed by atoms with E-state index in [-0.39, 0.29) is 0 Å². The number of hydrogen-bond acceptors (Lipinski definition) is 2. The van der Waals surface area contributed by atoms with Crippen molar-refractivity contribution < 1.29 is 0 Å². The average molecular weight is 742 g/mol. The smallest absolute Gasteiger partial charge is 0.113 e. The van der Waals surface area contributed by atoms with Crippen molar-refractivity contribution in [1.82, 2.24) is 0 Å². The van der Waals surface area contributed by atoms with Crippen molar-refractivity contribution in [2.24, 2.45) is 0 Å². The van der Waals surface area contributed by atoms with Crippen LogP contribution in [0.5, 0.6) is 0 Å². The number of fused-ring (bicyclic) bond motifs is 11. The van der Waals surface area contributed by atoms with Gasteiger partial charge in [0.1, 0.15) is 16.1 Å². The summed E-state index contributed by atoms with van der Waals surface area (Å²) < 4.78 is 2.75. The number of benzene rings is 8. The maximum absolute atomic E-state index is 2.55. The maximum atomic E-state index is 2.55. The minimum Gasteiger partial charge on any atom is -0.311 e. The molecular formula is C50H39NSSi2. The minimum absolute atomic E-state index is 1.18. The van der Waals surface area contributed by atoms with Crippen LogP contribution < -0.4 is 25.6 Å². The van der Waals surface area contributed by atoms with Gasteiger partial charge in [-0.3, -0.25) is 0 Å². The highest BCUT2D eigenvalue weighted by Gasteiger charge is 2.40. The largest absolute Gasteiger partial charge is 0.311 e. The Bertz CT molecular complexity index is 3000. The zero-order valence-electron chi connectivity index (χ0n) is 30.9. The first kappa shape index (κ1) is 32.0. The van der Waals surface area contributed by atoms with Crippen LogP contribution in [0.15, 0.2) is 164 Å². The molecule has 0 bridgehead atoms. The van der Waals surface area contributed by atoms with Gasteiger partial charge in [-0.05, 0) is 113 Å². The SMILES string of the molecule is C[Si]1(C)c2ccccc2-c2ccc(N(c3ccc(-c4cccc5ccccc45)cc3)c3ccc4c(c3)[Si](C)(C)c3ccc5sc6ccccc6c5c3-4)cc21. The summed E-state index contributed by atoms with van der Waals surface area (Å²) in [6.45, 7) is 10.1. The van der Waals surface area contributed by atoms with Crippen LogP contribution in [0.4, 0.5) is 17.1 Å². The van der Waals surface area contributed by atoms with Crippen molar-refractivity contribution in [3.8, 4) is 33.4 Å². The Morgan fingerprint density at radius 1 is 0.407 bits per heavy atom. The molecule has 4 heteroatoms. The van der Waals surface area contributed by atoms with E-state index in [1.54, 1.807) is 10.4 Å². The van der Waals surface area contributed by atoms with E-state index in [0.717, 1.165) is 0 Å². The molecule has 0 spiro atoms. The topological polar surface area (TPSA) is 3.24 Å². The van der Waals surface area contributed by atoms with Crippen molar-refractivity contribution in [2.75, 3.05) is 4.90 Å². The van der Waals surface area contributed by atoms with Crippen LogP contribution in [0.2, 0.25) is 26.2 Å². The van der Waals surface area contributed by atoms with Crippen LogP contribution in [0, 0.1) is 0 Å². The summed E-state index contributed by atoms with van der Waals surface area (Å²) in [5, 5.41) is 11.5. The third-order valence-electron chi connectivity index (χ3n) is 12.5. The quantitative estimate of drug-likeness (QED) is 0.162. The highest BCUT2D eigenvalue weighted by Crippen LogP contribution is 2.44. The van der Waals surface area contributed by atoms with Crippen LogP contribution in [0.25, 0.3) is 64.3 Å². The first-order valence-electron chi connectivity index (χ1n) is 19.0. The average Bonchev–Trinajstić information content (AvgIpc) is 3.77. The van der Waals surface area contributed by atoms with Crippen LogP contribution in [0.1, 0.15) is 0 Å². The lowest BCUT2D eigenvalue weighted by Gasteiger charge is -2.29. The molecule has 258 valence electrons. The molecule has 9 aromatic rings. The number of nitrogens with zero attached hydrogens (tertiary/aromatic N) is 1. The van der Waals surface area contributed by atoms with E-state index < -0.39 is 16.1 Å². The molecule has 0 radical (unpaired) electrons. The fraction of sp³-hybridized carbons (Fsp3) is 0.0800. The molecule has 11 rings (SSSR count). The Morgan fingerprint density at radius 2 is 1.00 bits per heavy atom. The fourth-order valence-electron chi connectivity index (χ4n) is 9.71. The zero-order chi connectivity index (χ0) is 36.3. The van der Waals surface area contributed by atoms with Gasteiger partial charge in [0, 0.05) is 37.2 Å². The van der Waals surface area contributed by atoms with Gasteiger partial charge in [-0.25, -0.2) is 0 Å². The lowest BCUT2D eigenvalue weighted by molar-refractivity contribution is 1.29. The van der Waals surface area contributed by atoms with Crippen LogP contribution in [-0.4, -0.2) is 16.1 Å². The summed E-state index contributed by atoms with van der Waals surface area (Å²) in [5.74, 6) is 0. The van der Waals surface area contributed by atoms with Crippen LogP contribution in [-0.2, 0) is 0 Å². The number of hydrogen-bond donors (Lipinski definition) is 0. The van der Waals surface area contributed by atoms with Gasteiger partial charge in [0.05, 0.1) is 0 Å². The molecule has 2 aliphatic heterocycles. The second-order valence-corrected chi connectivity index (χ2v) is 25.9. The first-order chi connectivity index (χ1) is 26.3. The lowest BCUT2D eigenvalue weighted by atomic mass is 9.97. The highest BCUT2D eigenvalue weighted by molar-refractivity contribution is 7.26. The Kier molecular flexibility index (Phi) is 6.80. The van der Waals surface area contributed by atoms with Gasteiger partial charge in [-0.2, -0.15) is 0 Å². The Morgan fingerprint density at radius 3 is 1.81 bits per heavy atom. The molecule has 0 fully saturated rings. The van der Waals surface area contributed by atoms with Crippen LogP contribution in [0.3, 0.4) is 0 Å². The van der Waals surface area contributed by atoms with Gasteiger partial charge in [-0.15, -0.1) is 11.3 Å². The standard InChI is InChI=1S/C50H39NSSi2/c1-53(2)45-19-10-8-15-39(45)40-26-24-35(30-47(40)53)51(34-22-20-33(21-23-34)38-17-11-13-32-12-5-6-14-37(32)38)36-25-27-42-48(31-36)54(3,4)46-29-28-44-49(50(42)46)41-16-7-9-18-43(41)52-44/h5-31H,1-4H3. The summed E-state index contributed by atoms with van der Waals surface area (Å²) in [5.41, 5.74) is 11.8. The lowest BCUT2D eigenvalue weighted by Crippen LogP contribution is -2.49.